The number of benzene rings is 2. The summed E-state index contributed by atoms with van der Waals surface area (Å²) < 4.78 is 10.7. The smallest absolute Gasteiger partial charge is 0.259 e. The highest BCUT2D eigenvalue weighted by atomic mass is 16.5. The summed E-state index contributed by atoms with van der Waals surface area (Å²) in [5.74, 6) is 1.17. The average Bonchev–Trinajstić information content (AvgIpc) is 3.11. The summed E-state index contributed by atoms with van der Waals surface area (Å²) in [7, 11) is 1.59. The highest BCUT2D eigenvalue weighted by molar-refractivity contribution is 6.00. The minimum atomic E-state index is -0.178. The van der Waals surface area contributed by atoms with E-state index in [0.29, 0.717) is 22.7 Å². The summed E-state index contributed by atoms with van der Waals surface area (Å²) >= 11 is 0. The summed E-state index contributed by atoms with van der Waals surface area (Å²) in [5, 5.41) is 6.91. The molecule has 6 nitrogen and oxygen atoms in total. The van der Waals surface area contributed by atoms with E-state index in [1.54, 1.807) is 25.3 Å². The lowest BCUT2D eigenvalue weighted by atomic mass is 10.1. The molecule has 0 radical (unpaired) electrons. The van der Waals surface area contributed by atoms with Gasteiger partial charge >= 0.3 is 0 Å². The van der Waals surface area contributed by atoms with Crippen LogP contribution in [0.1, 0.15) is 24.2 Å². The second-order valence-corrected chi connectivity index (χ2v) is 5.80. The molecule has 2 aromatic carbocycles. The van der Waals surface area contributed by atoms with Gasteiger partial charge in [-0.15, -0.1) is 0 Å². The molecule has 25 heavy (non-hydrogen) atoms. The molecular formula is C19H19N3O3. The van der Waals surface area contributed by atoms with E-state index in [0.717, 1.165) is 5.56 Å². The first-order valence-electron chi connectivity index (χ1n) is 7.97. The third-order valence-corrected chi connectivity index (χ3v) is 3.60. The molecule has 1 aromatic heterocycles. The third kappa shape index (κ3) is 3.52. The lowest BCUT2D eigenvalue weighted by Crippen LogP contribution is -2.30. The molecule has 1 amide bonds. The molecular weight excluding hydrogens is 318 g/mol. The zero-order chi connectivity index (χ0) is 17.8. The van der Waals surface area contributed by atoms with Gasteiger partial charge in [0.05, 0.1) is 23.8 Å². The quantitative estimate of drug-likeness (QED) is 0.770. The van der Waals surface area contributed by atoms with E-state index >= 15 is 0 Å². The Labute approximate surface area is 145 Å². The number of hydrogen-bond donors (Lipinski definition) is 1. The molecule has 0 aliphatic heterocycles. The number of nitrogens with one attached hydrogen (secondary N) is 1. The van der Waals surface area contributed by atoms with Gasteiger partial charge in [-0.2, -0.15) is 4.98 Å². The van der Waals surface area contributed by atoms with Gasteiger partial charge in [0, 0.05) is 6.04 Å². The Balaban J connectivity index is 2.00. The molecule has 0 spiro atoms. The molecule has 3 rings (SSSR count). The van der Waals surface area contributed by atoms with Gasteiger partial charge in [-0.25, -0.2) is 0 Å². The Morgan fingerprint density at radius 2 is 1.76 bits per heavy atom. The summed E-state index contributed by atoms with van der Waals surface area (Å²) in [6.45, 7) is 3.82. The number of para-hydroxylation sites is 1. The van der Waals surface area contributed by atoms with Gasteiger partial charge in [0.1, 0.15) is 5.75 Å². The maximum absolute atomic E-state index is 12.4. The molecule has 1 heterocycles. The van der Waals surface area contributed by atoms with Crippen LogP contribution in [0.5, 0.6) is 5.75 Å². The number of aromatic nitrogens is 2. The molecule has 128 valence electrons. The number of carbonyl (C=O) groups is 1. The second-order valence-electron chi connectivity index (χ2n) is 5.80. The number of rotatable bonds is 5. The van der Waals surface area contributed by atoms with Gasteiger partial charge in [0.15, 0.2) is 0 Å². The SMILES string of the molecule is COc1ccccc1-c1noc(-c2ccccc2C(=O)NC(C)C)n1. The summed E-state index contributed by atoms with van der Waals surface area (Å²) in [5.41, 5.74) is 1.81. The maximum Gasteiger partial charge on any atom is 0.259 e. The van der Waals surface area contributed by atoms with Crippen molar-refractivity contribution < 1.29 is 14.1 Å². The molecule has 6 heteroatoms. The van der Waals surface area contributed by atoms with E-state index in [9.17, 15) is 4.79 Å². The highest BCUT2D eigenvalue weighted by Crippen LogP contribution is 2.30. The van der Waals surface area contributed by atoms with Crippen LogP contribution in [-0.2, 0) is 0 Å². The number of ether oxygens (including phenoxy) is 1. The van der Waals surface area contributed by atoms with E-state index in [1.807, 2.05) is 44.2 Å². The first kappa shape index (κ1) is 16.7. The number of nitrogens with zero attached hydrogens (tertiary/aromatic N) is 2. The predicted molar refractivity (Wildman–Crippen MR) is 94.3 cm³/mol. The summed E-state index contributed by atoms with van der Waals surface area (Å²) in [6, 6.07) is 14.6. The number of hydrogen-bond acceptors (Lipinski definition) is 5. The van der Waals surface area contributed by atoms with Crippen LogP contribution in [0.4, 0.5) is 0 Å². The van der Waals surface area contributed by atoms with Crippen LogP contribution in [-0.4, -0.2) is 29.2 Å². The molecule has 0 aliphatic carbocycles. The van der Waals surface area contributed by atoms with Crippen molar-refractivity contribution in [2.24, 2.45) is 0 Å². The molecule has 0 fully saturated rings. The van der Waals surface area contributed by atoms with Crippen molar-refractivity contribution in [1.82, 2.24) is 15.5 Å². The Bertz CT molecular complexity index is 887. The Hall–Kier alpha value is -3.15. The van der Waals surface area contributed by atoms with Crippen LogP contribution in [0.25, 0.3) is 22.8 Å². The van der Waals surface area contributed by atoms with E-state index in [2.05, 4.69) is 15.5 Å². The predicted octanol–water partition coefficient (Wildman–Crippen LogP) is 3.55. The van der Waals surface area contributed by atoms with Crippen molar-refractivity contribution in [2.75, 3.05) is 7.11 Å². The summed E-state index contributed by atoms with van der Waals surface area (Å²) in [4.78, 5) is 16.8. The van der Waals surface area contributed by atoms with Crippen molar-refractivity contribution in [2.45, 2.75) is 19.9 Å². The van der Waals surface area contributed by atoms with Gasteiger partial charge in [0.25, 0.3) is 11.8 Å². The van der Waals surface area contributed by atoms with Gasteiger partial charge in [-0.1, -0.05) is 29.4 Å². The first-order chi connectivity index (χ1) is 12.1. The van der Waals surface area contributed by atoms with E-state index in [1.165, 1.54) is 0 Å². The Morgan fingerprint density at radius 1 is 1.08 bits per heavy atom. The van der Waals surface area contributed by atoms with Crippen molar-refractivity contribution in [3.8, 4) is 28.6 Å². The highest BCUT2D eigenvalue weighted by Gasteiger charge is 2.19. The third-order valence-electron chi connectivity index (χ3n) is 3.60. The molecule has 0 saturated carbocycles. The monoisotopic (exact) mass is 337 g/mol. The fourth-order valence-corrected chi connectivity index (χ4v) is 2.48. The molecule has 0 aliphatic rings. The van der Waals surface area contributed by atoms with Crippen LogP contribution in [0.2, 0.25) is 0 Å². The lowest BCUT2D eigenvalue weighted by molar-refractivity contribution is 0.0943. The molecule has 1 N–H and O–H groups in total. The van der Waals surface area contributed by atoms with Crippen molar-refractivity contribution in [3.63, 3.8) is 0 Å². The number of methoxy groups -OCH3 is 1. The normalized spacial score (nSPS) is 10.7. The van der Waals surface area contributed by atoms with E-state index in [-0.39, 0.29) is 17.8 Å². The Kier molecular flexibility index (Phi) is 4.79. The van der Waals surface area contributed by atoms with Crippen LogP contribution in [0.15, 0.2) is 53.1 Å². The van der Waals surface area contributed by atoms with Gasteiger partial charge in [0.2, 0.25) is 5.82 Å². The minimum Gasteiger partial charge on any atom is -0.496 e. The van der Waals surface area contributed by atoms with Crippen LogP contribution in [0.3, 0.4) is 0 Å². The zero-order valence-corrected chi connectivity index (χ0v) is 14.3. The zero-order valence-electron chi connectivity index (χ0n) is 14.3. The average molecular weight is 337 g/mol. The minimum absolute atomic E-state index is 0.0346. The van der Waals surface area contributed by atoms with Gasteiger partial charge < -0.3 is 14.6 Å². The van der Waals surface area contributed by atoms with Crippen LogP contribution >= 0.6 is 0 Å². The number of amides is 1. The lowest BCUT2D eigenvalue weighted by Gasteiger charge is -2.10. The molecule has 0 bridgehead atoms. The largest absolute Gasteiger partial charge is 0.496 e. The Morgan fingerprint density at radius 3 is 2.48 bits per heavy atom. The van der Waals surface area contributed by atoms with Crippen molar-refractivity contribution >= 4 is 5.91 Å². The van der Waals surface area contributed by atoms with Crippen LogP contribution in [0, 0.1) is 0 Å². The fourth-order valence-electron chi connectivity index (χ4n) is 2.48. The van der Waals surface area contributed by atoms with E-state index < -0.39 is 0 Å². The van der Waals surface area contributed by atoms with Crippen molar-refractivity contribution in [1.29, 1.82) is 0 Å². The van der Waals surface area contributed by atoms with E-state index in [4.69, 9.17) is 9.26 Å². The maximum atomic E-state index is 12.4. The van der Waals surface area contributed by atoms with Gasteiger partial charge in [-0.3, -0.25) is 4.79 Å². The van der Waals surface area contributed by atoms with Crippen LogP contribution < -0.4 is 10.1 Å². The van der Waals surface area contributed by atoms with Gasteiger partial charge in [-0.05, 0) is 38.1 Å². The first-order valence-corrected chi connectivity index (χ1v) is 7.97. The summed E-state index contributed by atoms with van der Waals surface area (Å²) in [6.07, 6.45) is 0. The standard InChI is InChI=1S/C19H19N3O3/c1-12(2)20-18(23)13-8-4-5-9-14(13)19-21-17(22-25-19)15-10-6-7-11-16(15)24-3/h4-12H,1-3H3,(H,20,23). The molecule has 0 saturated heterocycles. The van der Waals surface area contributed by atoms with Crippen molar-refractivity contribution in [3.05, 3.63) is 54.1 Å². The topological polar surface area (TPSA) is 77.2 Å². The fraction of sp³-hybridized carbons (Fsp3) is 0.211. The molecule has 0 unspecified atom stereocenters. The number of carbonyl (C=O) groups excluding carboxylic acids is 1. The molecule has 0 atom stereocenters. The second kappa shape index (κ2) is 7.17. The molecule has 3 aromatic rings.